The number of rotatable bonds is 3. The highest BCUT2D eigenvalue weighted by Gasteiger charge is 2.37. The summed E-state index contributed by atoms with van der Waals surface area (Å²) < 4.78 is 29.4. The Hall–Kier alpha value is -4.28. The number of aliphatic hydroxyl groups is 1. The maximum Gasteiger partial charge on any atom is 0.326 e. The van der Waals surface area contributed by atoms with Gasteiger partial charge in [-0.05, 0) is 54.6 Å². The van der Waals surface area contributed by atoms with E-state index in [1.54, 1.807) is 30.6 Å². The van der Waals surface area contributed by atoms with E-state index < -0.39 is 35.7 Å². The number of urea groups is 1. The Morgan fingerprint density at radius 1 is 1.11 bits per heavy atom. The highest BCUT2D eigenvalue weighted by atomic mass is 35.5. The number of carbonyl (C=O) groups excluding carboxylic acids is 2. The zero-order valence-corrected chi connectivity index (χ0v) is 19.7. The SMILES string of the molecule is O=C1N[C@H](c2cc(F)ccc2Cl)c2c(NC(=O)N3C[C@H](O)c4cc(F)ccc43)cc(-n3cccn3)cc21. The molecule has 37 heavy (non-hydrogen) atoms. The molecule has 186 valence electrons. The lowest BCUT2D eigenvalue weighted by Crippen LogP contribution is -2.34. The molecule has 0 saturated carbocycles. The van der Waals surface area contributed by atoms with Crippen LogP contribution in [-0.2, 0) is 0 Å². The predicted octanol–water partition coefficient (Wildman–Crippen LogP) is 4.72. The van der Waals surface area contributed by atoms with Gasteiger partial charge in [-0.1, -0.05) is 11.6 Å². The minimum atomic E-state index is -1.06. The van der Waals surface area contributed by atoms with Crippen LogP contribution in [0.5, 0.6) is 0 Å². The number of aromatic nitrogens is 2. The van der Waals surface area contributed by atoms with Gasteiger partial charge in [-0.2, -0.15) is 5.10 Å². The van der Waals surface area contributed by atoms with Gasteiger partial charge in [0.2, 0.25) is 0 Å². The number of fused-ring (bicyclic) bond motifs is 2. The molecule has 0 saturated heterocycles. The average molecular weight is 522 g/mol. The Morgan fingerprint density at radius 2 is 1.86 bits per heavy atom. The van der Waals surface area contributed by atoms with Gasteiger partial charge < -0.3 is 15.7 Å². The fourth-order valence-electron chi connectivity index (χ4n) is 4.83. The molecule has 0 spiro atoms. The van der Waals surface area contributed by atoms with Crippen molar-refractivity contribution in [3.05, 3.63) is 106 Å². The Labute approximate surface area is 214 Å². The van der Waals surface area contributed by atoms with Crippen LogP contribution in [0.3, 0.4) is 0 Å². The molecule has 6 rings (SSSR count). The normalized spacial score (nSPS) is 17.9. The molecule has 0 aliphatic carbocycles. The molecular formula is C26H18ClF2N5O3. The number of nitrogens with zero attached hydrogens (tertiary/aromatic N) is 3. The number of hydrogen-bond acceptors (Lipinski definition) is 4. The Morgan fingerprint density at radius 3 is 2.62 bits per heavy atom. The minimum Gasteiger partial charge on any atom is -0.386 e. The number of amides is 3. The predicted molar refractivity (Wildman–Crippen MR) is 132 cm³/mol. The van der Waals surface area contributed by atoms with E-state index in [1.165, 1.54) is 46.0 Å². The summed E-state index contributed by atoms with van der Waals surface area (Å²) in [5.74, 6) is -1.48. The van der Waals surface area contributed by atoms with Gasteiger partial charge in [0.1, 0.15) is 11.6 Å². The van der Waals surface area contributed by atoms with Crippen molar-refractivity contribution in [2.45, 2.75) is 12.1 Å². The number of carbonyl (C=O) groups is 2. The first-order valence-corrected chi connectivity index (χ1v) is 11.7. The van der Waals surface area contributed by atoms with Crippen LogP contribution in [0, 0.1) is 11.6 Å². The standard InChI is InChI=1S/C26H18ClF2N5O3/c27-19-4-2-13(28)8-16(19)24-23-18(25(36)32-24)10-15(34-7-1-6-30-34)11-20(23)31-26(37)33-12-22(35)17-9-14(29)3-5-21(17)33/h1-11,22,24,35H,12H2,(H,31,37)(H,32,36)/t22-,24+/m0/s1. The monoisotopic (exact) mass is 521 g/mol. The van der Waals surface area contributed by atoms with Crippen molar-refractivity contribution in [1.82, 2.24) is 15.1 Å². The van der Waals surface area contributed by atoms with E-state index in [1.807, 2.05) is 0 Å². The number of β-amino-alcohol motifs (C(OH)–C–C–N with tert-alkyl or cyclic N) is 1. The zero-order valence-electron chi connectivity index (χ0n) is 19.0. The maximum absolute atomic E-state index is 14.1. The lowest BCUT2D eigenvalue weighted by atomic mass is 9.95. The van der Waals surface area contributed by atoms with Crippen molar-refractivity contribution in [2.75, 3.05) is 16.8 Å². The minimum absolute atomic E-state index is 0.0814. The van der Waals surface area contributed by atoms with E-state index in [9.17, 15) is 23.5 Å². The van der Waals surface area contributed by atoms with Gasteiger partial charge in [0.25, 0.3) is 5.91 Å². The number of halogens is 3. The van der Waals surface area contributed by atoms with Crippen LogP contribution in [0.25, 0.3) is 5.69 Å². The maximum atomic E-state index is 14.1. The first kappa shape index (κ1) is 23.1. The van der Waals surface area contributed by atoms with Gasteiger partial charge in [0.15, 0.2) is 0 Å². The molecule has 3 aromatic carbocycles. The summed E-state index contributed by atoms with van der Waals surface area (Å²) >= 11 is 6.36. The number of anilines is 2. The summed E-state index contributed by atoms with van der Waals surface area (Å²) in [5.41, 5.74) is 2.43. The van der Waals surface area contributed by atoms with E-state index in [-0.39, 0.29) is 22.8 Å². The summed E-state index contributed by atoms with van der Waals surface area (Å²) in [6.45, 7) is -0.0814. The second-order valence-electron chi connectivity index (χ2n) is 8.74. The summed E-state index contributed by atoms with van der Waals surface area (Å²) in [7, 11) is 0. The van der Waals surface area contributed by atoms with Crippen LogP contribution in [0.4, 0.5) is 25.0 Å². The van der Waals surface area contributed by atoms with Gasteiger partial charge in [-0.15, -0.1) is 0 Å². The molecule has 3 heterocycles. The third-order valence-corrected chi connectivity index (χ3v) is 6.84. The van der Waals surface area contributed by atoms with Gasteiger partial charge in [0.05, 0.1) is 35.8 Å². The van der Waals surface area contributed by atoms with E-state index >= 15 is 0 Å². The Bertz CT molecular complexity index is 1580. The topological polar surface area (TPSA) is 99.5 Å². The molecule has 1 aromatic heterocycles. The summed E-state index contributed by atoms with van der Waals surface area (Å²) in [6, 6.07) is 11.2. The number of benzene rings is 3. The third-order valence-electron chi connectivity index (χ3n) is 6.49. The summed E-state index contributed by atoms with van der Waals surface area (Å²) in [5, 5.41) is 20.5. The molecule has 8 nitrogen and oxygen atoms in total. The van der Waals surface area contributed by atoms with Gasteiger partial charge in [-0.25, -0.2) is 18.3 Å². The molecule has 0 fully saturated rings. The molecule has 0 unspecified atom stereocenters. The summed E-state index contributed by atoms with van der Waals surface area (Å²) in [4.78, 5) is 27.8. The Balaban J connectivity index is 1.46. The smallest absolute Gasteiger partial charge is 0.326 e. The molecule has 0 bridgehead atoms. The molecule has 2 atom stereocenters. The van der Waals surface area contributed by atoms with Gasteiger partial charge in [0, 0.05) is 39.7 Å². The third kappa shape index (κ3) is 3.90. The van der Waals surface area contributed by atoms with Crippen molar-refractivity contribution < 1.29 is 23.5 Å². The highest BCUT2D eigenvalue weighted by molar-refractivity contribution is 6.31. The van der Waals surface area contributed by atoms with E-state index in [0.717, 1.165) is 0 Å². The molecule has 3 N–H and O–H groups in total. The van der Waals surface area contributed by atoms with Crippen LogP contribution in [0.15, 0.2) is 67.0 Å². The quantitative estimate of drug-likeness (QED) is 0.363. The Kier molecular flexibility index (Phi) is 5.43. The fraction of sp³-hybridized carbons (Fsp3) is 0.115. The fourth-order valence-corrected chi connectivity index (χ4v) is 5.05. The van der Waals surface area contributed by atoms with Gasteiger partial charge in [-0.3, -0.25) is 9.69 Å². The largest absolute Gasteiger partial charge is 0.386 e. The van der Waals surface area contributed by atoms with Crippen molar-refractivity contribution in [3.8, 4) is 5.69 Å². The molecule has 2 aliphatic rings. The van der Waals surface area contributed by atoms with E-state index in [0.29, 0.717) is 28.1 Å². The van der Waals surface area contributed by atoms with E-state index in [4.69, 9.17) is 11.6 Å². The first-order chi connectivity index (χ1) is 17.8. The molecule has 4 aromatic rings. The van der Waals surface area contributed by atoms with Crippen molar-refractivity contribution in [1.29, 1.82) is 0 Å². The number of hydrogen-bond donors (Lipinski definition) is 3. The van der Waals surface area contributed by atoms with Gasteiger partial charge >= 0.3 is 6.03 Å². The molecule has 2 aliphatic heterocycles. The zero-order chi connectivity index (χ0) is 25.8. The number of aliphatic hydroxyl groups excluding tert-OH is 1. The molecular weight excluding hydrogens is 504 g/mol. The van der Waals surface area contributed by atoms with Crippen molar-refractivity contribution in [2.24, 2.45) is 0 Å². The number of nitrogens with one attached hydrogen (secondary N) is 2. The van der Waals surface area contributed by atoms with Crippen LogP contribution in [0.1, 0.15) is 39.2 Å². The van der Waals surface area contributed by atoms with Crippen LogP contribution >= 0.6 is 11.6 Å². The molecule has 11 heteroatoms. The lowest BCUT2D eigenvalue weighted by molar-refractivity contribution is 0.0960. The second-order valence-corrected chi connectivity index (χ2v) is 9.14. The van der Waals surface area contributed by atoms with Crippen molar-refractivity contribution >= 4 is 34.9 Å². The molecule has 0 radical (unpaired) electrons. The second kappa shape index (κ2) is 8.68. The van der Waals surface area contributed by atoms with E-state index in [2.05, 4.69) is 15.7 Å². The highest BCUT2D eigenvalue weighted by Crippen LogP contribution is 2.41. The first-order valence-electron chi connectivity index (χ1n) is 11.3. The van der Waals surface area contributed by atoms with Crippen LogP contribution in [-0.4, -0.2) is 33.4 Å². The van der Waals surface area contributed by atoms with Crippen LogP contribution in [0.2, 0.25) is 5.02 Å². The van der Waals surface area contributed by atoms with Crippen molar-refractivity contribution in [3.63, 3.8) is 0 Å². The molecule has 3 amide bonds. The average Bonchev–Trinajstić information content (AvgIpc) is 3.60. The lowest BCUT2D eigenvalue weighted by Gasteiger charge is -2.22. The van der Waals surface area contributed by atoms with Crippen LogP contribution < -0.4 is 15.5 Å². The summed E-state index contributed by atoms with van der Waals surface area (Å²) in [6.07, 6.45) is 2.20.